The maximum absolute atomic E-state index is 13.3. The fraction of sp³-hybridized carbons (Fsp3) is 0.736. The number of carbonyl (C=O) groups excluding carboxylic acids is 9. The molecule has 28 atom stereocenters. The minimum atomic E-state index is -1.62. The molecule has 574 valence electrons. The van der Waals surface area contributed by atoms with Gasteiger partial charge in [-0.15, -0.1) is 0 Å². The first kappa shape index (κ1) is 78.4. The SMILES string of the molecule is CCC(=O)[C@@]1(C)[C@H](C)CC2C3CCC4=CC(=O)C=C[C@]4(C)C3[C@@H](O)C[C@@]21C.C[C@]12C=CC(=O)C=C1CC[C@@H]1[C@@H]2C(=O)C[C@@]2(C)[C@H]1CC[C@]2(O)C(=O)CO.C[C@]12C=CC(=O)C=C1CC[C@@H]1[C@@H]2[C@@H](O)C[C@@]2(C)[C@H]1CC[C@]2(O)C(=O)CO.C[C@]12CCC(=O)C=C1CC[C@@H]1[C@@H]2[C@@H](O)C[C@@]2(C)[C@H]1CC[C@]2(O)C(=O)CS. The van der Waals surface area contributed by atoms with Crippen LogP contribution in [0.15, 0.2) is 83.1 Å². The minimum Gasteiger partial charge on any atom is -0.393 e. The van der Waals surface area contributed by atoms with Crippen LogP contribution in [-0.4, -0.2) is 147 Å². The number of ketones is 9. The lowest BCUT2D eigenvalue weighted by molar-refractivity contribution is -0.179. The van der Waals surface area contributed by atoms with Crippen LogP contribution in [0.1, 0.15) is 217 Å². The quantitative estimate of drug-likeness (QED) is 0.102. The van der Waals surface area contributed by atoms with E-state index in [9.17, 15) is 84.0 Å². The Balaban J connectivity index is 0.000000124. The molecule has 0 aromatic heterocycles. The van der Waals surface area contributed by atoms with Gasteiger partial charge in [0.2, 0.25) is 0 Å². The Morgan fingerprint density at radius 3 is 1.31 bits per heavy atom. The number of Topliss-reactive ketones (excluding diaryl/α,β-unsaturated/α-hetero) is 5. The standard InChI is InChI=1S/C24H34O3.C21H28O5.C21H26O5.C21H30O4S/c1-6-20(27)24(5)14(2)11-18-17-8-7-15-12-16(25)9-10-22(15,3)21(17)19(26)13-23(18,24)4;2*1-19-7-5-13(23)9-12(19)3-4-14-15-6-8-21(26,17(25)11-22)20(15,2)10-16(24)18(14)19;1-19-7-5-13(22)9-12(19)3-4-14-15-6-8-21(25,17(24)11-26)20(15,2)10-16(23)18(14)19/h9-10,12,14,17-19,21,26H,6-8,11,13H2,1-5H3;5,7,9,14-16,18,22,24,26H,3-4,6,8,10-11H2,1-2H3;5,7,9,14-15,18,22,26H,3-4,6,8,10-11H2,1-2H3;9,14-16,18,23,25-26H,3-8,10-11H2,1-2H3/t14-,17?,18?,19+,21?,22+,23+,24-;14-,15-,16-,18+,19-,20-,21-;14-,15-,18+,19-,20-,21-;14-,15-,16-,18+,19-,20-,21-/m1000/s1. The maximum atomic E-state index is 13.3. The van der Waals surface area contributed by atoms with Crippen LogP contribution < -0.4 is 0 Å². The molecular formula is C87H118O17S. The Hall–Kier alpha value is -4.76. The fourth-order valence-electron chi connectivity index (χ4n) is 28.7. The lowest BCUT2D eigenvalue weighted by Gasteiger charge is -2.60. The number of fused-ring (bicyclic) bond motifs is 20. The van der Waals surface area contributed by atoms with E-state index in [-0.39, 0.29) is 127 Å². The monoisotopic (exact) mass is 1470 g/mol. The van der Waals surface area contributed by atoms with Crippen molar-refractivity contribution in [3.63, 3.8) is 0 Å². The van der Waals surface area contributed by atoms with E-state index in [4.69, 9.17) is 0 Å². The average molecular weight is 1470 g/mol. The predicted octanol–water partition coefficient (Wildman–Crippen LogP) is 10.5. The molecule has 17 nitrogen and oxygen atoms in total. The van der Waals surface area contributed by atoms with Crippen LogP contribution in [0.5, 0.6) is 0 Å². The third-order valence-corrected chi connectivity index (χ3v) is 34.8. The Kier molecular flexibility index (Phi) is 20.0. The first-order valence-electron chi connectivity index (χ1n) is 39.9. The predicted molar refractivity (Wildman–Crippen MR) is 397 cm³/mol. The van der Waals surface area contributed by atoms with Gasteiger partial charge in [-0.25, -0.2) is 0 Å². The summed E-state index contributed by atoms with van der Waals surface area (Å²) in [6.07, 6.45) is 31.1. The Morgan fingerprint density at radius 1 is 0.457 bits per heavy atom. The van der Waals surface area contributed by atoms with Crippen LogP contribution in [0.2, 0.25) is 0 Å². The zero-order valence-electron chi connectivity index (χ0n) is 63.9. The van der Waals surface area contributed by atoms with E-state index in [1.54, 1.807) is 36.5 Å². The van der Waals surface area contributed by atoms with Crippen molar-refractivity contribution in [2.75, 3.05) is 19.0 Å². The molecule has 0 radical (unpaired) electrons. The van der Waals surface area contributed by atoms with Crippen molar-refractivity contribution in [3.05, 3.63) is 83.1 Å². The lowest BCUT2D eigenvalue weighted by Crippen LogP contribution is -2.61. The van der Waals surface area contributed by atoms with Gasteiger partial charge in [0, 0.05) is 74.9 Å². The van der Waals surface area contributed by atoms with Crippen molar-refractivity contribution in [1.29, 1.82) is 0 Å². The molecule has 16 aliphatic carbocycles. The Morgan fingerprint density at radius 2 is 0.848 bits per heavy atom. The molecule has 18 heteroatoms. The van der Waals surface area contributed by atoms with E-state index in [0.717, 1.165) is 88.2 Å². The number of aliphatic hydroxyl groups is 8. The number of allylic oxidation sites excluding steroid dienone is 13. The van der Waals surface area contributed by atoms with E-state index in [1.807, 2.05) is 52.8 Å². The van der Waals surface area contributed by atoms with Gasteiger partial charge in [0.25, 0.3) is 0 Å². The fourth-order valence-corrected chi connectivity index (χ4v) is 28.9. The molecule has 105 heavy (non-hydrogen) atoms. The summed E-state index contributed by atoms with van der Waals surface area (Å²) >= 11 is 4.13. The van der Waals surface area contributed by atoms with Crippen molar-refractivity contribution in [2.45, 2.75) is 253 Å². The van der Waals surface area contributed by atoms with Gasteiger partial charge in [0.1, 0.15) is 41.6 Å². The van der Waals surface area contributed by atoms with Gasteiger partial charge in [0.15, 0.2) is 40.5 Å². The highest BCUT2D eigenvalue weighted by molar-refractivity contribution is 7.81. The van der Waals surface area contributed by atoms with Gasteiger partial charge >= 0.3 is 0 Å². The second-order valence-corrected chi connectivity index (χ2v) is 38.4. The zero-order valence-corrected chi connectivity index (χ0v) is 64.8. The summed E-state index contributed by atoms with van der Waals surface area (Å²) in [6, 6.07) is 0. The molecule has 16 aliphatic rings. The molecule has 0 aromatic rings. The van der Waals surface area contributed by atoms with Gasteiger partial charge in [-0.05, 0) is 235 Å². The molecule has 0 saturated heterocycles. The van der Waals surface area contributed by atoms with E-state index in [0.29, 0.717) is 87.2 Å². The number of hydrogen-bond acceptors (Lipinski definition) is 18. The van der Waals surface area contributed by atoms with E-state index >= 15 is 0 Å². The van der Waals surface area contributed by atoms with Gasteiger partial charge in [0.05, 0.1) is 24.1 Å². The van der Waals surface area contributed by atoms with Crippen molar-refractivity contribution >= 4 is 64.7 Å². The molecule has 0 amide bonds. The van der Waals surface area contributed by atoms with E-state index in [2.05, 4.69) is 60.2 Å². The normalized spacial score (nSPS) is 49.7. The molecule has 0 bridgehead atoms. The second kappa shape index (κ2) is 26.7. The minimum absolute atomic E-state index is 0.00912. The molecular weight excluding hydrogens is 1350 g/mol. The smallest absolute Gasteiger partial charge is 0.190 e. The number of rotatable bonds is 8. The van der Waals surface area contributed by atoms with Crippen molar-refractivity contribution in [3.8, 4) is 0 Å². The molecule has 0 heterocycles. The molecule has 16 rings (SSSR count). The molecule has 12 saturated carbocycles. The van der Waals surface area contributed by atoms with Crippen LogP contribution in [0.4, 0.5) is 0 Å². The summed E-state index contributed by atoms with van der Waals surface area (Å²) in [5.41, 5.74) is -3.82. The number of aliphatic hydroxyl groups excluding tert-OH is 5. The lowest BCUT2D eigenvalue weighted by atomic mass is 9.44. The van der Waals surface area contributed by atoms with Crippen molar-refractivity contribution < 1.29 is 84.0 Å². The van der Waals surface area contributed by atoms with Crippen LogP contribution in [-0.2, 0) is 43.2 Å². The van der Waals surface area contributed by atoms with Gasteiger partial charge in [-0.3, -0.25) is 43.2 Å². The highest BCUT2D eigenvalue weighted by Crippen LogP contribution is 2.74. The highest BCUT2D eigenvalue weighted by atomic mass is 32.1. The van der Waals surface area contributed by atoms with Gasteiger partial charge in [-0.2, -0.15) is 12.6 Å². The second-order valence-electron chi connectivity index (χ2n) is 38.1. The maximum Gasteiger partial charge on any atom is 0.190 e. The molecule has 3 unspecified atom stereocenters. The first-order valence-corrected chi connectivity index (χ1v) is 40.5. The summed E-state index contributed by atoms with van der Waals surface area (Å²) in [7, 11) is 0. The number of carbonyl (C=O) groups is 9. The van der Waals surface area contributed by atoms with Crippen LogP contribution in [0, 0.1) is 126 Å². The van der Waals surface area contributed by atoms with Crippen LogP contribution >= 0.6 is 12.6 Å². The van der Waals surface area contributed by atoms with Crippen molar-refractivity contribution in [1.82, 2.24) is 0 Å². The topological polar surface area (TPSA) is 315 Å². The summed E-state index contributed by atoms with van der Waals surface area (Å²) in [4.78, 5) is 111. The molecule has 0 aliphatic heterocycles. The van der Waals surface area contributed by atoms with Crippen LogP contribution in [0.25, 0.3) is 0 Å². The van der Waals surface area contributed by atoms with Crippen molar-refractivity contribution in [2.24, 2.45) is 126 Å². The Labute approximate surface area is 625 Å². The Bertz CT molecular complexity index is 3900. The van der Waals surface area contributed by atoms with Gasteiger partial charge in [-0.1, -0.05) is 117 Å². The molecule has 8 N–H and O–H groups in total. The summed E-state index contributed by atoms with van der Waals surface area (Å²) in [5.74, 6) is 1.66. The van der Waals surface area contributed by atoms with E-state index in [1.165, 1.54) is 11.1 Å². The first-order chi connectivity index (χ1) is 49.1. The zero-order chi connectivity index (χ0) is 76.5. The third-order valence-electron chi connectivity index (χ3n) is 34.5. The number of hydrogen-bond donors (Lipinski definition) is 9. The average Bonchev–Trinajstić information content (AvgIpc) is 1.63. The molecule has 0 spiro atoms. The summed E-state index contributed by atoms with van der Waals surface area (Å²) in [6.45, 7) is 21.6. The highest BCUT2D eigenvalue weighted by Gasteiger charge is 2.73. The van der Waals surface area contributed by atoms with E-state index < -0.39 is 81.6 Å². The van der Waals surface area contributed by atoms with Gasteiger partial charge < -0.3 is 40.9 Å². The summed E-state index contributed by atoms with van der Waals surface area (Å²) < 4.78 is 0. The summed E-state index contributed by atoms with van der Waals surface area (Å²) in [5, 5.41) is 86.0. The van der Waals surface area contributed by atoms with Crippen LogP contribution in [0.3, 0.4) is 0 Å². The molecule has 12 fully saturated rings. The molecule has 0 aromatic carbocycles. The number of thiol groups is 1. The third kappa shape index (κ3) is 11.1. The largest absolute Gasteiger partial charge is 0.393 e.